The molecule has 1 heterocycles. The normalized spacial score (nSPS) is 13.7. The van der Waals surface area contributed by atoms with Crippen molar-refractivity contribution in [3.8, 4) is 0 Å². The van der Waals surface area contributed by atoms with Crippen molar-refractivity contribution in [3.63, 3.8) is 0 Å². The molecule has 0 aliphatic carbocycles. The quantitative estimate of drug-likeness (QED) is 0.711. The molecule has 1 aromatic rings. The van der Waals surface area contributed by atoms with Gasteiger partial charge in [-0.3, -0.25) is 0 Å². The van der Waals surface area contributed by atoms with Crippen molar-refractivity contribution in [2.45, 2.75) is 26.3 Å². The molecule has 12 heavy (non-hydrogen) atoms. The Morgan fingerprint density at radius 3 is 2.75 bits per heavy atom. The highest BCUT2D eigenvalue weighted by Crippen LogP contribution is 2.14. The van der Waals surface area contributed by atoms with Crippen LogP contribution in [0.3, 0.4) is 0 Å². The van der Waals surface area contributed by atoms with Crippen LogP contribution in [0.4, 0.5) is 0 Å². The van der Waals surface area contributed by atoms with Crippen molar-refractivity contribution >= 4 is 0 Å². The van der Waals surface area contributed by atoms with E-state index in [2.05, 4.69) is 23.5 Å². The Morgan fingerprint density at radius 2 is 2.33 bits per heavy atom. The minimum absolute atomic E-state index is 0.128. The summed E-state index contributed by atoms with van der Waals surface area (Å²) in [5.41, 5.74) is 6.08. The van der Waals surface area contributed by atoms with Gasteiger partial charge in [-0.1, -0.05) is 13.8 Å². The largest absolute Gasteiger partial charge is 0.357 e. The molecule has 0 unspecified atom stereocenters. The molecule has 68 valence electrons. The highest BCUT2D eigenvalue weighted by Gasteiger charge is 2.10. The first-order valence-electron chi connectivity index (χ1n) is 4.03. The third-order valence-corrected chi connectivity index (χ3v) is 1.67. The number of hydrogen-bond donors (Lipinski definition) is 2. The molecule has 1 aromatic heterocycles. The molecular weight excluding hydrogens is 156 g/mol. The van der Waals surface area contributed by atoms with Gasteiger partial charge in [-0.15, -0.1) is 0 Å². The summed E-state index contributed by atoms with van der Waals surface area (Å²) in [6.07, 6.45) is 0.843. The summed E-state index contributed by atoms with van der Waals surface area (Å²) in [5.74, 6) is 0.512. The Bertz CT molecular complexity index is 287. The maximum Gasteiger partial charge on any atom is 0.357 e. The Balaban J connectivity index is 2.65. The van der Waals surface area contributed by atoms with Gasteiger partial charge >= 0.3 is 5.63 Å². The van der Waals surface area contributed by atoms with E-state index in [9.17, 15) is 4.79 Å². The minimum Gasteiger partial charge on any atom is -0.339 e. The van der Waals surface area contributed by atoms with Crippen LogP contribution in [0.15, 0.2) is 15.4 Å². The fourth-order valence-electron chi connectivity index (χ4n) is 1.11. The van der Waals surface area contributed by atoms with Gasteiger partial charge in [0.2, 0.25) is 0 Å². The van der Waals surface area contributed by atoms with Crippen molar-refractivity contribution in [2.24, 2.45) is 11.7 Å². The van der Waals surface area contributed by atoms with E-state index in [0.29, 0.717) is 11.6 Å². The predicted octanol–water partition coefficient (Wildman–Crippen LogP) is 1.01. The van der Waals surface area contributed by atoms with Gasteiger partial charge < -0.3 is 10.3 Å². The van der Waals surface area contributed by atoms with E-state index >= 15 is 0 Å². The maximum absolute atomic E-state index is 10.6. The summed E-state index contributed by atoms with van der Waals surface area (Å²) in [7, 11) is 0. The zero-order valence-corrected chi connectivity index (χ0v) is 7.33. The van der Waals surface area contributed by atoms with E-state index in [-0.39, 0.29) is 11.7 Å². The molecule has 0 saturated carbocycles. The van der Waals surface area contributed by atoms with E-state index in [1.807, 2.05) is 0 Å². The van der Waals surface area contributed by atoms with Gasteiger partial charge in [0.05, 0.1) is 5.69 Å². The fourth-order valence-corrected chi connectivity index (χ4v) is 1.11. The lowest BCUT2D eigenvalue weighted by atomic mass is 10.0. The molecule has 4 heteroatoms. The summed E-state index contributed by atoms with van der Waals surface area (Å²) < 4.78 is 4.51. The number of rotatable bonds is 3. The lowest BCUT2D eigenvalue weighted by molar-refractivity contribution is 0.374. The summed E-state index contributed by atoms with van der Waals surface area (Å²) in [6, 6.07) is 1.27. The lowest BCUT2D eigenvalue weighted by Crippen LogP contribution is -2.13. The third kappa shape index (κ3) is 2.23. The highest BCUT2D eigenvalue weighted by atomic mass is 16.5. The Morgan fingerprint density at radius 1 is 1.67 bits per heavy atom. The van der Waals surface area contributed by atoms with Crippen LogP contribution in [-0.2, 0) is 0 Å². The molecule has 0 bridgehead atoms. The molecule has 0 aliphatic rings. The Labute approximate surface area is 70.7 Å². The monoisotopic (exact) mass is 170 g/mol. The van der Waals surface area contributed by atoms with Gasteiger partial charge in [-0.2, -0.15) is 0 Å². The van der Waals surface area contributed by atoms with Crippen molar-refractivity contribution in [2.75, 3.05) is 0 Å². The van der Waals surface area contributed by atoms with Gasteiger partial charge in [0.25, 0.3) is 0 Å². The molecule has 0 spiro atoms. The molecule has 0 aromatic carbocycles. The molecule has 0 saturated heterocycles. The highest BCUT2D eigenvalue weighted by molar-refractivity contribution is 5.01. The van der Waals surface area contributed by atoms with Gasteiger partial charge in [0, 0.05) is 12.1 Å². The first kappa shape index (κ1) is 9.06. The molecular formula is C8H14N2O2. The second-order valence-electron chi connectivity index (χ2n) is 3.36. The van der Waals surface area contributed by atoms with Gasteiger partial charge in [0.15, 0.2) is 0 Å². The van der Waals surface area contributed by atoms with E-state index in [1.165, 1.54) is 6.07 Å². The van der Waals surface area contributed by atoms with E-state index in [0.717, 1.165) is 6.42 Å². The van der Waals surface area contributed by atoms with Crippen LogP contribution in [0, 0.1) is 5.92 Å². The molecule has 0 radical (unpaired) electrons. The number of aromatic nitrogens is 1. The van der Waals surface area contributed by atoms with Crippen LogP contribution in [0.2, 0.25) is 0 Å². The zero-order valence-electron chi connectivity index (χ0n) is 7.33. The number of aromatic amines is 1. The van der Waals surface area contributed by atoms with E-state index in [1.54, 1.807) is 0 Å². The van der Waals surface area contributed by atoms with Crippen LogP contribution in [0.1, 0.15) is 32.0 Å². The second-order valence-corrected chi connectivity index (χ2v) is 3.36. The average Bonchev–Trinajstić information content (AvgIpc) is 2.34. The van der Waals surface area contributed by atoms with Gasteiger partial charge in [0.1, 0.15) is 0 Å². The molecule has 0 aliphatic heterocycles. The first-order valence-corrected chi connectivity index (χ1v) is 4.03. The predicted molar refractivity (Wildman–Crippen MR) is 45.7 cm³/mol. The van der Waals surface area contributed by atoms with E-state index < -0.39 is 0 Å². The first-order chi connectivity index (χ1) is 5.59. The Kier molecular flexibility index (Phi) is 2.70. The summed E-state index contributed by atoms with van der Waals surface area (Å²) in [4.78, 5) is 10.6. The average molecular weight is 170 g/mol. The second kappa shape index (κ2) is 3.58. The molecule has 0 fully saturated rings. The van der Waals surface area contributed by atoms with Gasteiger partial charge in [-0.25, -0.2) is 9.95 Å². The SMILES string of the molecule is CC(C)C[C@H](N)c1cc(=O)o[nH]1. The summed E-state index contributed by atoms with van der Waals surface area (Å²) in [6.45, 7) is 4.16. The van der Waals surface area contributed by atoms with Crippen molar-refractivity contribution < 1.29 is 4.52 Å². The number of hydrogen-bond acceptors (Lipinski definition) is 3. The van der Waals surface area contributed by atoms with Gasteiger partial charge in [-0.05, 0) is 12.3 Å². The summed E-state index contributed by atoms with van der Waals surface area (Å²) >= 11 is 0. The molecule has 3 N–H and O–H groups in total. The smallest absolute Gasteiger partial charge is 0.339 e. The maximum atomic E-state index is 10.6. The number of nitrogens with one attached hydrogen (secondary N) is 1. The molecule has 0 amide bonds. The van der Waals surface area contributed by atoms with Crippen molar-refractivity contribution in [1.82, 2.24) is 5.16 Å². The van der Waals surface area contributed by atoms with E-state index in [4.69, 9.17) is 5.73 Å². The van der Waals surface area contributed by atoms with Crippen molar-refractivity contribution in [3.05, 3.63) is 22.2 Å². The van der Waals surface area contributed by atoms with Crippen LogP contribution < -0.4 is 11.4 Å². The zero-order chi connectivity index (χ0) is 9.14. The van der Waals surface area contributed by atoms with Crippen LogP contribution >= 0.6 is 0 Å². The fraction of sp³-hybridized carbons (Fsp3) is 0.625. The minimum atomic E-state index is -0.371. The molecule has 4 nitrogen and oxygen atoms in total. The topological polar surface area (TPSA) is 72.0 Å². The molecule has 1 rings (SSSR count). The Hall–Kier alpha value is -1.03. The van der Waals surface area contributed by atoms with Crippen molar-refractivity contribution in [1.29, 1.82) is 0 Å². The standard InChI is InChI=1S/C8H14N2O2/c1-5(2)3-6(9)7-4-8(11)12-10-7/h4-6,10H,3,9H2,1-2H3/t6-/m0/s1. The van der Waals surface area contributed by atoms with Crippen LogP contribution in [0.5, 0.6) is 0 Å². The number of H-pyrrole nitrogens is 1. The van der Waals surface area contributed by atoms with Crippen LogP contribution in [-0.4, -0.2) is 5.16 Å². The molecule has 1 atom stereocenters. The lowest BCUT2D eigenvalue weighted by Gasteiger charge is -2.10. The summed E-state index contributed by atoms with van der Waals surface area (Å²) in [5, 5.41) is 2.50. The third-order valence-electron chi connectivity index (χ3n) is 1.67. The van der Waals surface area contributed by atoms with Crippen LogP contribution in [0.25, 0.3) is 0 Å². The number of nitrogens with two attached hydrogens (primary N) is 1.